The molecule has 1 aromatic carbocycles. The summed E-state index contributed by atoms with van der Waals surface area (Å²) in [6.45, 7) is 8.01. The number of carbonyl (C=O) groups is 1. The van der Waals surface area contributed by atoms with Crippen molar-refractivity contribution in [3.63, 3.8) is 0 Å². The van der Waals surface area contributed by atoms with Crippen LogP contribution in [-0.4, -0.2) is 32.1 Å². The molecule has 0 saturated carbocycles. The molecular formula is C16H25N3O2. The van der Waals surface area contributed by atoms with Gasteiger partial charge in [0.05, 0.1) is 12.2 Å². The van der Waals surface area contributed by atoms with Crippen LogP contribution in [0.4, 0.5) is 0 Å². The van der Waals surface area contributed by atoms with Crippen molar-refractivity contribution in [2.45, 2.75) is 27.3 Å². The highest BCUT2D eigenvalue weighted by Gasteiger charge is 2.06. The van der Waals surface area contributed by atoms with Crippen molar-refractivity contribution in [3.8, 4) is 0 Å². The van der Waals surface area contributed by atoms with E-state index in [0.717, 1.165) is 18.1 Å². The number of esters is 1. The number of nitrogens with zero attached hydrogens (tertiary/aromatic N) is 1. The minimum Gasteiger partial charge on any atom is -0.462 e. The molecule has 0 aromatic heterocycles. The summed E-state index contributed by atoms with van der Waals surface area (Å²) in [7, 11) is 1.75. The number of ether oxygens (including phenoxy) is 1. The summed E-state index contributed by atoms with van der Waals surface area (Å²) < 4.78 is 4.95. The van der Waals surface area contributed by atoms with Crippen molar-refractivity contribution in [2.75, 3.05) is 20.2 Å². The van der Waals surface area contributed by atoms with Crippen LogP contribution < -0.4 is 10.6 Å². The number of nitrogens with one attached hydrogen (secondary N) is 2. The summed E-state index contributed by atoms with van der Waals surface area (Å²) in [6, 6.07) is 7.38. The third-order valence-corrected chi connectivity index (χ3v) is 2.83. The first-order valence-electron chi connectivity index (χ1n) is 7.27. The Morgan fingerprint density at radius 2 is 1.90 bits per heavy atom. The predicted octanol–water partition coefficient (Wildman–Crippen LogP) is 2.18. The van der Waals surface area contributed by atoms with Crippen LogP contribution in [0.15, 0.2) is 29.3 Å². The zero-order chi connectivity index (χ0) is 15.7. The number of carbonyl (C=O) groups excluding carboxylic acids is 1. The van der Waals surface area contributed by atoms with E-state index in [0.29, 0.717) is 24.6 Å². The lowest BCUT2D eigenvalue weighted by Crippen LogP contribution is -2.38. The molecule has 0 aliphatic heterocycles. The molecule has 0 heterocycles. The molecule has 5 nitrogen and oxygen atoms in total. The molecule has 0 amide bonds. The number of rotatable bonds is 6. The van der Waals surface area contributed by atoms with Crippen LogP contribution in [0.1, 0.15) is 36.7 Å². The molecule has 0 bridgehead atoms. The molecule has 21 heavy (non-hydrogen) atoms. The highest BCUT2D eigenvalue weighted by molar-refractivity contribution is 5.89. The Balaban J connectivity index is 2.50. The molecule has 0 aliphatic carbocycles. The van der Waals surface area contributed by atoms with Crippen molar-refractivity contribution in [1.29, 1.82) is 0 Å². The fourth-order valence-electron chi connectivity index (χ4n) is 1.68. The molecule has 1 aromatic rings. The van der Waals surface area contributed by atoms with Crippen LogP contribution in [0.25, 0.3) is 0 Å². The van der Waals surface area contributed by atoms with Crippen LogP contribution in [0.3, 0.4) is 0 Å². The van der Waals surface area contributed by atoms with Crippen molar-refractivity contribution in [1.82, 2.24) is 10.6 Å². The highest BCUT2D eigenvalue weighted by Crippen LogP contribution is 2.06. The third-order valence-electron chi connectivity index (χ3n) is 2.83. The summed E-state index contributed by atoms with van der Waals surface area (Å²) in [5, 5.41) is 6.49. The fraction of sp³-hybridized carbons (Fsp3) is 0.500. The van der Waals surface area contributed by atoms with Gasteiger partial charge in [0.2, 0.25) is 0 Å². The quantitative estimate of drug-likeness (QED) is 0.479. The molecule has 0 spiro atoms. The van der Waals surface area contributed by atoms with Crippen molar-refractivity contribution < 1.29 is 9.53 Å². The Bertz CT molecular complexity index is 467. The summed E-state index contributed by atoms with van der Waals surface area (Å²) in [6.07, 6.45) is 0. The third kappa shape index (κ3) is 6.29. The Morgan fingerprint density at radius 1 is 1.24 bits per heavy atom. The molecule has 0 aliphatic rings. The lowest BCUT2D eigenvalue weighted by molar-refractivity contribution is 0.0526. The van der Waals surface area contributed by atoms with Gasteiger partial charge in [-0.05, 0) is 30.5 Å². The minimum absolute atomic E-state index is 0.286. The van der Waals surface area contributed by atoms with E-state index in [1.54, 1.807) is 26.1 Å². The van der Waals surface area contributed by atoms with Gasteiger partial charge >= 0.3 is 5.97 Å². The molecule has 0 saturated heterocycles. The lowest BCUT2D eigenvalue weighted by atomic mass is 10.1. The van der Waals surface area contributed by atoms with Crippen LogP contribution in [-0.2, 0) is 11.3 Å². The maximum absolute atomic E-state index is 11.6. The van der Waals surface area contributed by atoms with Crippen LogP contribution in [0.5, 0.6) is 0 Å². The van der Waals surface area contributed by atoms with Gasteiger partial charge in [0.1, 0.15) is 0 Å². The van der Waals surface area contributed by atoms with Gasteiger partial charge in [-0.15, -0.1) is 0 Å². The predicted molar refractivity (Wildman–Crippen MR) is 85.4 cm³/mol. The number of aliphatic imine (C=N–C) groups is 1. The number of benzene rings is 1. The average molecular weight is 291 g/mol. The van der Waals surface area contributed by atoms with E-state index in [9.17, 15) is 4.79 Å². The summed E-state index contributed by atoms with van der Waals surface area (Å²) in [4.78, 5) is 15.7. The molecule has 0 radical (unpaired) electrons. The normalized spacial score (nSPS) is 11.4. The summed E-state index contributed by atoms with van der Waals surface area (Å²) in [5.41, 5.74) is 1.65. The molecule has 0 unspecified atom stereocenters. The zero-order valence-electron chi connectivity index (χ0n) is 13.3. The van der Waals surface area contributed by atoms with Gasteiger partial charge in [-0.1, -0.05) is 26.0 Å². The van der Waals surface area contributed by atoms with Gasteiger partial charge in [0.25, 0.3) is 0 Å². The van der Waals surface area contributed by atoms with Crippen molar-refractivity contribution in [3.05, 3.63) is 35.4 Å². The molecule has 5 heteroatoms. The Kier molecular flexibility index (Phi) is 7.29. The topological polar surface area (TPSA) is 62.7 Å². The summed E-state index contributed by atoms with van der Waals surface area (Å²) in [5.74, 6) is 1.05. The zero-order valence-corrected chi connectivity index (χ0v) is 13.3. The van der Waals surface area contributed by atoms with Crippen LogP contribution in [0.2, 0.25) is 0 Å². The fourth-order valence-corrected chi connectivity index (χ4v) is 1.68. The van der Waals surface area contributed by atoms with Gasteiger partial charge in [0, 0.05) is 20.1 Å². The van der Waals surface area contributed by atoms with Gasteiger partial charge in [-0.2, -0.15) is 0 Å². The number of hydrogen-bond acceptors (Lipinski definition) is 3. The lowest BCUT2D eigenvalue weighted by Gasteiger charge is -2.13. The van der Waals surface area contributed by atoms with E-state index < -0.39 is 0 Å². The van der Waals surface area contributed by atoms with E-state index >= 15 is 0 Å². The number of guanidine groups is 1. The van der Waals surface area contributed by atoms with Crippen molar-refractivity contribution in [2.24, 2.45) is 10.9 Å². The largest absolute Gasteiger partial charge is 0.462 e. The second kappa shape index (κ2) is 9.00. The molecule has 2 N–H and O–H groups in total. The van der Waals surface area contributed by atoms with E-state index in [-0.39, 0.29) is 5.97 Å². The second-order valence-electron chi connectivity index (χ2n) is 5.12. The molecule has 1 rings (SSSR count). The molecular weight excluding hydrogens is 266 g/mol. The van der Waals surface area contributed by atoms with Crippen molar-refractivity contribution >= 4 is 11.9 Å². The van der Waals surface area contributed by atoms with Gasteiger partial charge in [0.15, 0.2) is 5.96 Å². The Labute approximate surface area is 126 Å². The first kappa shape index (κ1) is 17.0. The van der Waals surface area contributed by atoms with E-state index in [1.807, 2.05) is 12.1 Å². The average Bonchev–Trinajstić information content (AvgIpc) is 2.48. The minimum atomic E-state index is -0.286. The van der Waals surface area contributed by atoms with Gasteiger partial charge in [-0.3, -0.25) is 4.99 Å². The molecule has 0 atom stereocenters. The standard InChI is InChI=1S/C16H25N3O2/c1-5-21-15(20)14-8-6-13(7-9-14)11-19-16(17-4)18-10-12(2)3/h6-9,12H,5,10-11H2,1-4H3,(H2,17,18,19). The molecule has 116 valence electrons. The summed E-state index contributed by atoms with van der Waals surface area (Å²) >= 11 is 0. The van der Waals surface area contributed by atoms with E-state index in [1.165, 1.54) is 0 Å². The van der Waals surface area contributed by atoms with Crippen LogP contribution in [0, 0.1) is 5.92 Å². The van der Waals surface area contributed by atoms with Gasteiger partial charge < -0.3 is 15.4 Å². The maximum atomic E-state index is 11.6. The van der Waals surface area contributed by atoms with E-state index in [4.69, 9.17) is 4.74 Å². The smallest absolute Gasteiger partial charge is 0.338 e. The Hall–Kier alpha value is -2.04. The van der Waals surface area contributed by atoms with Gasteiger partial charge in [-0.25, -0.2) is 4.79 Å². The Morgan fingerprint density at radius 3 is 2.43 bits per heavy atom. The first-order chi connectivity index (χ1) is 10.1. The number of hydrogen-bond donors (Lipinski definition) is 2. The monoisotopic (exact) mass is 291 g/mol. The highest BCUT2D eigenvalue weighted by atomic mass is 16.5. The second-order valence-corrected chi connectivity index (χ2v) is 5.12. The SMILES string of the molecule is CCOC(=O)c1ccc(CNC(=NC)NCC(C)C)cc1. The van der Waals surface area contributed by atoms with E-state index in [2.05, 4.69) is 29.5 Å². The molecule has 0 fully saturated rings. The maximum Gasteiger partial charge on any atom is 0.338 e. The first-order valence-corrected chi connectivity index (χ1v) is 7.27. The van der Waals surface area contributed by atoms with Crippen LogP contribution >= 0.6 is 0 Å².